The van der Waals surface area contributed by atoms with Crippen LogP contribution in [0, 0.1) is 5.82 Å². The number of amides is 1. The first-order chi connectivity index (χ1) is 15.4. The number of nitrogens with one attached hydrogen (secondary N) is 3. The van der Waals surface area contributed by atoms with Crippen LogP contribution in [0.15, 0.2) is 59.3 Å². The van der Waals surface area contributed by atoms with Gasteiger partial charge in [0.05, 0.1) is 12.4 Å². The van der Waals surface area contributed by atoms with Crippen LogP contribution in [0.2, 0.25) is 0 Å². The molecule has 3 N–H and O–H groups in total. The van der Waals surface area contributed by atoms with Crippen LogP contribution in [-0.2, 0) is 21.9 Å². The Morgan fingerprint density at radius 1 is 1.03 bits per heavy atom. The number of rotatable bonds is 11. The van der Waals surface area contributed by atoms with Crippen molar-refractivity contribution in [1.82, 2.24) is 15.3 Å². The molecule has 0 saturated heterocycles. The number of benzene rings is 2. The van der Waals surface area contributed by atoms with Gasteiger partial charge >= 0.3 is 0 Å². The SMILES string of the molecule is CCNP(=O)(Cc1ccc(NC(=O)CCc2cnoc2-c2ccc(F)cc2)cc1)NCC. The molecule has 32 heavy (non-hydrogen) atoms. The molecule has 1 aromatic heterocycles. The minimum atomic E-state index is -2.68. The summed E-state index contributed by atoms with van der Waals surface area (Å²) < 4.78 is 31.3. The van der Waals surface area contributed by atoms with E-state index in [1.807, 2.05) is 26.0 Å². The van der Waals surface area contributed by atoms with E-state index in [1.54, 1.807) is 30.5 Å². The number of nitrogens with zero attached hydrogens (tertiary/aromatic N) is 1. The molecule has 1 heterocycles. The van der Waals surface area contributed by atoms with Gasteiger partial charge in [-0.2, -0.15) is 0 Å². The smallest absolute Gasteiger partial charge is 0.224 e. The van der Waals surface area contributed by atoms with Gasteiger partial charge in [0.2, 0.25) is 13.4 Å². The summed E-state index contributed by atoms with van der Waals surface area (Å²) in [6.45, 7) is 5.08. The lowest BCUT2D eigenvalue weighted by molar-refractivity contribution is -0.116. The zero-order valence-electron chi connectivity index (χ0n) is 18.2. The van der Waals surface area contributed by atoms with Gasteiger partial charge in [-0.25, -0.2) is 4.39 Å². The molecule has 7 nitrogen and oxygen atoms in total. The molecule has 0 atom stereocenters. The fraction of sp³-hybridized carbons (Fsp3) is 0.304. The number of carbonyl (C=O) groups excluding carboxylic acids is 1. The molecular weight excluding hydrogens is 430 g/mol. The van der Waals surface area contributed by atoms with Crippen LogP contribution in [-0.4, -0.2) is 24.2 Å². The Hall–Kier alpha value is -2.80. The Labute approximate surface area is 187 Å². The lowest BCUT2D eigenvalue weighted by Crippen LogP contribution is -2.23. The van der Waals surface area contributed by atoms with E-state index in [9.17, 15) is 13.8 Å². The topological polar surface area (TPSA) is 96.3 Å². The van der Waals surface area contributed by atoms with E-state index in [-0.39, 0.29) is 18.1 Å². The summed E-state index contributed by atoms with van der Waals surface area (Å²) in [6.07, 6.45) is 2.65. The second-order valence-corrected chi connectivity index (χ2v) is 9.78. The van der Waals surface area contributed by atoms with Gasteiger partial charge in [-0.05, 0) is 61.5 Å². The molecule has 0 aliphatic rings. The highest BCUT2D eigenvalue weighted by molar-refractivity contribution is 7.59. The molecule has 0 radical (unpaired) electrons. The van der Waals surface area contributed by atoms with Gasteiger partial charge in [-0.15, -0.1) is 0 Å². The van der Waals surface area contributed by atoms with E-state index in [1.165, 1.54) is 12.1 Å². The number of anilines is 1. The number of carbonyl (C=O) groups is 1. The van der Waals surface area contributed by atoms with E-state index < -0.39 is 7.44 Å². The lowest BCUT2D eigenvalue weighted by atomic mass is 10.1. The third-order valence-electron chi connectivity index (χ3n) is 4.84. The van der Waals surface area contributed by atoms with E-state index >= 15 is 0 Å². The minimum Gasteiger partial charge on any atom is -0.356 e. The van der Waals surface area contributed by atoms with Crippen molar-refractivity contribution in [2.45, 2.75) is 32.9 Å². The van der Waals surface area contributed by atoms with Crippen molar-refractivity contribution in [1.29, 1.82) is 0 Å². The zero-order valence-corrected chi connectivity index (χ0v) is 19.1. The van der Waals surface area contributed by atoms with Crippen molar-refractivity contribution in [2.24, 2.45) is 0 Å². The van der Waals surface area contributed by atoms with E-state index in [0.717, 1.165) is 11.1 Å². The van der Waals surface area contributed by atoms with Gasteiger partial charge < -0.3 is 9.84 Å². The van der Waals surface area contributed by atoms with Crippen LogP contribution < -0.4 is 15.5 Å². The van der Waals surface area contributed by atoms with Crippen molar-refractivity contribution in [3.8, 4) is 11.3 Å². The van der Waals surface area contributed by atoms with Crippen molar-refractivity contribution in [3.05, 3.63) is 71.7 Å². The summed E-state index contributed by atoms with van der Waals surface area (Å²) in [6, 6.07) is 13.3. The third kappa shape index (κ3) is 6.60. The summed E-state index contributed by atoms with van der Waals surface area (Å²) in [5, 5.41) is 12.8. The minimum absolute atomic E-state index is 0.144. The summed E-state index contributed by atoms with van der Waals surface area (Å²) in [5.41, 5.74) is 3.08. The van der Waals surface area contributed by atoms with Crippen molar-refractivity contribution < 1.29 is 18.3 Å². The molecule has 0 unspecified atom stereocenters. The zero-order chi connectivity index (χ0) is 23.0. The lowest BCUT2D eigenvalue weighted by Gasteiger charge is -2.19. The predicted molar refractivity (Wildman–Crippen MR) is 124 cm³/mol. The van der Waals surface area contributed by atoms with E-state index in [0.29, 0.717) is 42.7 Å². The number of hydrogen-bond acceptors (Lipinski definition) is 4. The van der Waals surface area contributed by atoms with Gasteiger partial charge in [0.1, 0.15) is 5.82 Å². The maximum absolute atomic E-state index is 13.1. The van der Waals surface area contributed by atoms with E-state index in [2.05, 4.69) is 20.6 Å². The Kier molecular flexibility index (Phi) is 8.33. The average Bonchev–Trinajstić information content (AvgIpc) is 3.23. The standard InChI is InChI=1S/C23H28FN4O3P/c1-3-26-32(30,27-4-2)16-17-5-12-21(13-6-17)28-22(29)14-9-19-15-25-31-23(19)18-7-10-20(24)11-8-18/h5-8,10-13,15H,3-4,9,14,16H2,1-2H3,(H,28,29)(H2,26,27,30). The molecule has 2 aromatic carbocycles. The molecular formula is C23H28FN4O3P. The van der Waals surface area contributed by atoms with Gasteiger partial charge in [0, 0.05) is 23.2 Å². The Morgan fingerprint density at radius 3 is 2.31 bits per heavy atom. The van der Waals surface area contributed by atoms with Gasteiger partial charge in [0.25, 0.3) is 0 Å². The Balaban J connectivity index is 1.55. The maximum Gasteiger partial charge on any atom is 0.224 e. The number of aryl methyl sites for hydroxylation is 1. The van der Waals surface area contributed by atoms with Crippen LogP contribution in [0.3, 0.4) is 0 Å². The molecule has 0 saturated carbocycles. The highest BCUT2D eigenvalue weighted by Gasteiger charge is 2.20. The van der Waals surface area contributed by atoms with Crippen LogP contribution >= 0.6 is 7.44 Å². The molecule has 0 aliphatic carbocycles. The van der Waals surface area contributed by atoms with E-state index in [4.69, 9.17) is 4.52 Å². The molecule has 9 heteroatoms. The Bertz CT molecular complexity index is 1060. The van der Waals surface area contributed by atoms with Crippen LogP contribution in [0.1, 0.15) is 31.4 Å². The van der Waals surface area contributed by atoms with Gasteiger partial charge in [-0.1, -0.05) is 31.1 Å². The second kappa shape index (κ2) is 11.2. The first kappa shape index (κ1) is 23.9. The van der Waals surface area contributed by atoms with Gasteiger partial charge in [0.15, 0.2) is 5.76 Å². The summed E-state index contributed by atoms with van der Waals surface area (Å²) in [7, 11) is -2.68. The third-order valence-corrected chi connectivity index (χ3v) is 7.31. The quantitative estimate of drug-likeness (QED) is 0.351. The maximum atomic E-state index is 13.1. The van der Waals surface area contributed by atoms with Crippen LogP contribution in [0.4, 0.5) is 10.1 Å². The average molecular weight is 458 g/mol. The fourth-order valence-corrected chi connectivity index (χ4v) is 5.46. The van der Waals surface area contributed by atoms with Crippen LogP contribution in [0.5, 0.6) is 0 Å². The summed E-state index contributed by atoms with van der Waals surface area (Å²) >= 11 is 0. The molecule has 3 rings (SSSR count). The van der Waals surface area contributed by atoms with Gasteiger partial charge in [-0.3, -0.25) is 19.5 Å². The number of aromatic nitrogens is 1. The molecule has 1 amide bonds. The largest absolute Gasteiger partial charge is 0.356 e. The van der Waals surface area contributed by atoms with Crippen molar-refractivity contribution in [2.75, 3.05) is 18.4 Å². The monoisotopic (exact) mass is 458 g/mol. The van der Waals surface area contributed by atoms with Crippen LogP contribution in [0.25, 0.3) is 11.3 Å². The second-order valence-electron chi connectivity index (χ2n) is 7.35. The predicted octanol–water partition coefficient (Wildman–Crippen LogP) is 4.96. The molecule has 0 spiro atoms. The normalized spacial score (nSPS) is 11.5. The molecule has 0 aliphatic heterocycles. The Morgan fingerprint density at radius 2 is 1.69 bits per heavy atom. The highest BCUT2D eigenvalue weighted by Crippen LogP contribution is 2.39. The molecule has 0 bridgehead atoms. The molecule has 0 fully saturated rings. The highest BCUT2D eigenvalue weighted by atomic mass is 31.2. The van der Waals surface area contributed by atoms with Crippen molar-refractivity contribution in [3.63, 3.8) is 0 Å². The summed E-state index contributed by atoms with van der Waals surface area (Å²) in [5.74, 6) is 0.0641. The first-order valence-corrected chi connectivity index (χ1v) is 12.5. The fourth-order valence-electron chi connectivity index (χ4n) is 3.38. The molecule has 170 valence electrons. The number of hydrogen-bond donors (Lipinski definition) is 3. The molecule has 3 aromatic rings. The summed E-state index contributed by atoms with van der Waals surface area (Å²) in [4.78, 5) is 12.4. The van der Waals surface area contributed by atoms with Crippen molar-refractivity contribution >= 4 is 19.0 Å². The number of halogens is 1. The first-order valence-electron chi connectivity index (χ1n) is 10.6.